The summed E-state index contributed by atoms with van der Waals surface area (Å²) in [5.74, 6) is 0.701. The summed E-state index contributed by atoms with van der Waals surface area (Å²) in [6.45, 7) is 3.88. The van der Waals surface area contributed by atoms with Crippen molar-refractivity contribution in [2.24, 2.45) is 0 Å². The Morgan fingerprint density at radius 2 is 1.95 bits per heavy atom. The normalized spacial score (nSPS) is 12.1. The summed E-state index contributed by atoms with van der Waals surface area (Å²) < 4.78 is 7.06. The van der Waals surface area contributed by atoms with Crippen LogP contribution >= 0.6 is 27.5 Å². The van der Waals surface area contributed by atoms with E-state index in [0.29, 0.717) is 10.8 Å². The Kier molecular flexibility index (Phi) is 6.55. The van der Waals surface area contributed by atoms with Crippen LogP contribution in [0.4, 0.5) is 0 Å². The molecule has 0 bridgehead atoms. The summed E-state index contributed by atoms with van der Waals surface area (Å²) in [5.41, 5.74) is 1.14. The molecule has 112 valence electrons. The highest BCUT2D eigenvalue weighted by atomic mass is 79.9. The summed E-state index contributed by atoms with van der Waals surface area (Å²) in [7, 11) is 0. The minimum Gasteiger partial charge on any atom is -0.483 e. The fourth-order valence-corrected chi connectivity index (χ4v) is 2.75. The van der Waals surface area contributed by atoms with E-state index in [1.54, 1.807) is 0 Å². The molecule has 1 atom stereocenters. The summed E-state index contributed by atoms with van der Waals surface area (Å²) in [6.07, 6.45) is 1.04. The van der Waals surface area contributed by atoms with Gasteiger partial charge in [0, 0.05) is 11.0 Å². The molecule has 0 aliphatic rings. The maximum atomic E-state index is 6.25. The van der Waals surface area contributed by atoms with Crippen LogP contribution < -0.4 is 10.1 Å². The van der Waals surface area contributed by atoms with Gasteiger partial charge in [-0.15, -0.1) is 0 Å². The Labute approximate surface area is 139 Å². The van der Waals surface area contributed by atoms with Crippen LogP contribution in [0, 0.1) is 0 Å². The average molecular weight is 369 g/mol. The lowest BCUT2D eigenvalue weighted by Gasteiger charge is -2.21. The van der Waals surface area contributed by atoms with Crippen LogP contribution in [0.3, 0.4) is 0 Å². The van der Waals surface area contributed by atoms with E-state index in [2.05, 4.69) is 40.3 Å². The molecule has 0 radical (unpaired) electrons. The van der Waals surface area contributed by atoms with Crippen LogP contribution in [0.15, 0.2) is 53.0 Å². The van der Waals surface area contributed by atoms with Crippen LogP contribution in [-0.2, 0) is 0 Å². The topological polar surface area (TPSA) is 21.3 Å². The van der Waals surface area contributed by atoms with E-state index in [1.807, 2.05) is 36.4 Å². The summed E-state index contributed by atoms with van der Waals surface area (Å²) >= 11 is 9.65. The Morgan fingerprint density at radius 3 is 2.62 bits per heavy atom. The molecule has 0 saturated carbocycles. The van der Waals surface area contributed by atoms with Crippen molar-refractivity contribution in [2.75, 3.05) is 13.1 Å². The molecule has 2 aromatic rings. The van der Waals surface area contributed by atoms with Crippen molar-refractivity contribution in [3.05, 3.63) is 63.6 Å². The first kappa shape index (κ1) is 16.3. The van der Waals surface area contributed by atoms with Crippen molar-refractivity contribution >= 4 is 27.5 Å². The molecule has 0 aliphatic heterocycles. The highest BCUT2D eigenvalue weighted by Crippen LogP contribution is 2.31. The molecule has 2 nitrogen and oxygen atoms in total. The molecule has 2 rings (SSSR count). The molecule has 0 spiro atoms. The Balaban J connectivity index is 2.15. The highest BCUT2D eigenvalue weighted by Gasteiger charge is 2.14. The van der Waals surface area contributed by atoms with Crippen molar-refractivity contribution in [3.8, 4) is 5.75 Å². The van der Waals surface area contributed by atoms with Crippen molar-refractivity contribution in [3.63, 3.8) is 0 Å². The summed E-state index contributed by atoms with van der Waals surface area (Å²) in [6, 6.07) is 15.9. The molecule has 0 aromatic heterocycles. The molecule has 21 heavy (non-hydrogen) atoms. The SMILES string of the molecule is CCCNCC(Oc1ccc(Br)cc1Cl)c1ccccc1. The van der Waals surface area contributed by atoms with E-state index in [4.69, 9.17) is 16.3 Å². The second-order valence-corrected chi connectivity index (χ2v) is 6.12. The molecule has 0 fully saturated rings. The van der Waals surface area contributed by atoms with E-state index in [9.17, 15) is 0 Å². The summed E-state index contributed by atoms with van der Waals surface area (Å²) in [5, 5.41) is 4.02. The second-order valence-electron chi connectivity index (χ2n) is 4.80. The highest BCUT2D eigenvalue weighted by molar-refractivity contribution is 9.10. The molecule has 0 aliphatic carbocycles. The van der Waals surface area contributed by atoms with Gasteiger partial charge in [0.2, 0.25) is 0 Å². The molecule has 0 saturated heterocycles. The van der Waals surface area contributed by atoms with Gasteiger partial charge in [0.15, 0.2) is 0 Å². The first-order valence-electron chi connectivity index (χ1n) is 7.08. The lowest BCUT2D eigenvalue weighted by atomic mass is 10.1. The predicted octanol–water partition coefficient (Wildman–Crippen LogP) is 5.22. The average Bonchev–Trinajstić information content (AvgIpc) is 2.49. The first-order chi connectivity index (χ1) is 10.2. The molecule has 1 unspecified atom stereocenters. The molecule has 1 N–H and O–H groups in total. The fraction of sp³-hybridized carbons (Fsp3) is 0.294. The largest absolute Gasteiger partial charge is 0.483 e. The zero-order valence-corrected chi connectivity index (χ0v) is 14.3. The van der Waals surface area contributed by atoms with Crippen molar-refractivity contribution in [2.45, 2.75) is 19.4 Å². The minimum absolute atomic E-state index is 0.0589. The van der Waals surface area contributed by atoms with E-state index in [1.165, 1.54) is 0 Å². The lowest BCUT2D eigenvalue weighted by molar-refractivity contribution is 0.202. The number of rotatable bonds is 7. The fourth-order valence-electron chi connectivity index (χ4n) is 2.03. The van der Waals surface area contributed by atoms with Crippen LogP contribution in [0.2, 0.25) is 5.02 Å². The third-order valence-electron chi connectivity index (χ3n) is 3.09. The maximum Gasteiger partial charge on any atom is 0.138 e. The maximum absolute atomic E-state index is 6.25. The van der Waals surface area contributed by atoms with Crippen LogP contribution in [0.1, 0.15) is 25.0 Å². The number of hydrogen-bond donors (Lipinski definition) is 1. The van der Waals surface area contributed by atoms with Crippen molar-refractivity contribution in [1.29, 1.82) is 0 Å². The predicted molar refractivity (Wildman–Crippen MR) is 92.1 cm³/mol. The van der Waals surface area contributed by atoms with Crippen LogP contribution in [0.25, 0.3) is 0 Å². The van der Waals surface area contributed by atoms with Crippen molar-refractivity contribution in [1.82, 2.24) is 5.32 Å². The van der Waals surface area contributed by atoms with Gasteiger partial charge in [-0.1, -0.05) is 64.8 Å². The molecule has 0 heterocycles. The molecular formula is C17H19BrClNO. The van der Waals surface area contributed by atoms with E-state index in [-0.39, 0.29) is 6.10 Å². The van der Waals surface area contributed by atoms with Gasteiger partial charge >= 0.3 is 0 Å². The minimum atomic E-state index is -0.0589. The van der Waals surface area contributed by atoms with Crippen LogP contribution in [-0.4, -0.2) is 13.1 Å². The smallest absolute Gasteiger partial charge is 0.138 e. The van der Waals surface area contributed by atoms with E-state index in [0.717, 1.165) is 29.5 Å². The van der Waals surface area contributed by atoms with Gasteiger partial charge in [-0.3, -0.25) is 0 Å². The third-order valence-corrected chi connectivity index (χ3v) is 3.88. The van der Waals surface area contributed by atoms with Crippen molar-refractivity contribution < 1.29 is 4.74 Å². The Bertz CT molecular complexity index is 562. The number of benzene rings is 2. The van der Waals surface area contributed by atoms with Gasteiger partial charge in [0.05, 0.1) is 5.02 Å². The Morgan fingerprint density at radius 1 is 1.19 bits per heavy atom. The van der Waals surface area contributed by atoms with Gasteiger partial charge in [-0.25, -0.2) is 0 Å². The summed E-state index contributed by atoms with van der Waals surface area (Å²) in [4.78, 5) is 0. The quantitative estimate of drug-likeness (QED) is 0.676. The second kappa shape index (κ2) is 8.42. The van der Waals surface area contributed by atoms with Crippen LogP contribution in [0.5, 0.6) is 5.75 Å². The van der Waals surface area contributed by atoms with Gasteiger partial charge in [-0.05, 0) is 36.7 Å². The number of nitrogens with one attached hydrogen (secondary N) is 1. The van der Waals surface area contributed by atoms with Gasteiger partial charge in [-0.2, -0.15) is 0 Å². The molecule has 2 aromatic carbocycles. The van der Waals surface area contributed by atoms with E-state index >= 15 is 0 Å². The molecular weight excluding hydrogens is 350 g/mol. The number of halogens is 2. The zero-order valence-electron chi connectivity index (χ0n) is 12.0. The monoisotopic (exact) mass is 367 g/mol. The van der Waals surface area contributed by atoms with Gasteiger partial charge in [0.1, 0.15) is 11.9 Å². The molecule has 4 heteroatoms. The van der Waals surface area contributed by atoms with Gasteiger partial charge < -0.3 is 10.1 Å². The standard InChI is InChI=1S/C17H19BrClNO/c1-2-10-20-12-17(13-6-4-3-5-7-13)21-16-9-8-14(18)11-15(16)19/h3-9,11,17,20H,2,10,12H2,1H3. The number of hydrogen-bond acceptors (Lipinski definition) is 2. The number of ether oxygens (including phenoxy) is 1. The van der Waals surface area contributed by atoms with E-state index < -0.39 is 0 Å². The van der Waals surface area contributed by atoms with Gasteiger partial charge in [0.25, 0.3) is 0 Å². The zero-order chi connectivity index (χ0) is 15.1. The molecule has 0 amide bonds. The first-order valence-corrected chi connectivity index (χ1v) is 8.25. The lowest BCUT2D eigenvalue weighted by Crippen LogP contribution is -2.25. The Hall–Kier alpha value is -1.03. The third kappa shape index (κ3) is 5.03.